The summed E-state index contributed by atoms with van der Waals surface area (Å²) >= 11 is 3.47. The van der Waals surface area contributed by atoms with E-state index in [4.69, 9.17) is 4.74 Å². The summed E-state index contributed by atoms with van der Waals surface area (Å²) in [6, 6.07) is 14.7. The first-order chi connectivity index (χ1) is 19.4. The lowest BCUT2D eigenvalue weighted by atomic mass is 9.93. The number of rotatable bonds is 5. The van der Waals surface area contributed by atoms with Crippen molar-refractivity contribution in [3.8, 4) is 11.1 Å². The molecule has 0 saturated carbocycles. The fourth-order valence-corrected chi connectivity index (χ4v) is 5.94. The molecule has 6 rings (SSSR count). The SMILES string of the molecule is CC(=O)N1c2ccc(-c3ccc(CNC(=O)c4cn5cc(Br)nc(N6CCOCC6)c5n4)cc3)cc2CC[C@H]1C. The Morgan fingerprint density at radius 1 is 1.05 bits per heavy atom. The van der Waals surface area contributed by atoms with Gasteiger partial charge < -0.3 is 24.3 Å². The maximum Gasteiger partial charge on any atom is 0.271 e. The Kier molecular flexibility index (Phi) is 7.29. The largest absolute Gasteiger partial charge is 0.378 e. The van der Waals surface area contributed by atoms with Crippen LogP contribution in [0.3, 0.4) is 0 Å². The van der Waals surface area contributed by atoms with Crippen LogP contribution in [0.1, 0.15) is 41.9 Å². The van der Waals surface area contributed by atoms with Crippen LogP contribution < -0.4 is 15.1 Å². The normalized spacial score (nSPS) is 17.1. The number of carbonyl (C=O) groups excluding carboxylic acids is 2. The van der Waals surface area contributed by atoms with Crippen LogP contribution in [0.5, 0.6) is 0 Å². The molecule has 2 aliphatic heterocycles. The highest BCUT2D eigenvalue weighted by Gasteiger charge is 2.26. The molecule has 0 aliphatic carbocycles. The van der Waals surface area contributed by atoms with Crippen LogP contribution in [0.4, 0.5) is 11.5 Å². The van der Waals surface area contributed by atoms with Gasteiger partial charge in [-0.2, -0.15) is 0 Å². The number of carbonyl (C=O) groups is 2. The fraction of sp³-hybridized carbons (Fsp3) is 0.333. The molecule has 0 spiro atoms. The number of ether oxygens (including phenoxy) is 1. The van der Waals surface area contributed by atoms with Crippen molar-refractivity contribution in [1.29, 1.82) is 0 Å². The molecule has 0 unspecified atom stereocenters. The lowest BCUT2D eigenvalue weighted by Crippen LogP contribution is -2.40. The van der Waals surface area contributed by atoms with Crippen molar-refractivity contribution < 1.29 is 14.3 Å². The molecule has 206 valence electrons. The molecule has 1 saturated heterocycles. The Bertz CT molecular complexity index is 1580. The number of anilines is 2. The van der Waals surface area contributed by atoms with Crippen LogP contribution in [0, 0.1) is 0 Å². The summed E-state index contributed by atoms with van der Waals surface area (Å²) in [5, 5.41) is 2.99. The molecule has 9 nitrogen and oxygen atoms in total. The molecule has 10 heteroatoms. The van der Waals surface area contributed by atoms with Gasteiger partial charge in [0.2, 0.25) is 5.91 Å². The summed E-state index contributed by atoms with van der Waals surface area (Å²) in [7, 11) is 0. The number of benzene rings is 2. The van der Waals surface area contributed by atoms with Gasteiger partial charge in [-0.25, -0.2) is 9.97 Å². The van der Waals surface area contributed by atoms with Crippen molar-refractivity contribution in [2.45, 2.75) is 39.3 Å². The molecule has 0 radical (unpaired) electrons. The minimum absolute atomic E-state index is 0.0818. The molecule has 0 bridgehead atoms. The van der Waals surface area contributed by atoms with Crippen molar-refractivity contribution >= 4 is 44.9 Å². The molecule has 1 atom stereocenters. The van der Waals surface area contributed by atoms with E-state index < -0.39 is 0 Å². The fourth-order valence-electron chi connectivity index (χ4n) is 5.55. The van der Waals surface area contributed by atoms with Crippen molar-refractivity contribution in [2.75, 3.05) is 36.1 Å². The first kappa shape index (κ1) is 26.5. The zero-order chi connectivity index (χ0) is 27.8. The number of imidazole rings is 1. The maximum absolute atomic E-state index is 13.0. The molecule has 4 heterocycles. The van der Waals surface area contributed by atoms with Gasteiger partial charge in [0.15, 0.2) is 11.5 Å². The molecular formula is C30H31BrN6O3. The standard InChI is InChI=1S/C30H31BrN6O3/c1-19-3-6-24-15-23(9-10-26(24)37(19)20(2)38)22-7-4-21(5-8-22)16-32-30(39)25-17-36-18-27(31)34-29(28(36)33-25)35-11-13-40-14-12-35/h4-5,7-10,15,17-19H,3,6,11-14,16H2,1-2H3,(H,32,39)/t19-/m1/s1. The van der Waals surface area contributed by atoms with Gasteiger partial charge in [0.1, 0.15) is 10.3 Å². The highest BCUT2D eigenvalue weighted by atomic mass is 79.9. The molecule has 2 aliphatic rings. The van der Waals surface area contributed by atoms with Gasteiger partial charge in [-0.1, -0.05) is 30.3 Å². The number of hydrogen-bond acceptors (Lipinski definition) is 6. The first-order valence-corrected chi connectivity index (χ1v) is 14.3. The molecular weight excluding hydrogens is 572 g/mol. The van der Waals surface area contributed by atoms with E-state index in [1.54, 1.807) is 19.3 Å². The predicted molar refractivity (Wildman–Crippen MR) is 158 cm³/mol. The second-order valence-electron chi connectivity index (χ2n) is 10.3. The van der Waals surface area contributed by atoms with Crippen LogP contribution in [0.2, 0.25) is 0 Å². The topological polar surface area (TPSA) is 92.1 Å². The molecule has 1 N–H and O–H groups in total. The average molecular weight is 604 g/mol. The van der Waals surface area contributed by atoms with Crippen LogP contribution in [0.15, 0.2) is 59.5 Å². The number of amides is 2. The van der Waals surface area contributed by atoms with Gasteiger partial charge in [-0.3, -0.25) is 9.59 Å². The lowest BCUT2D eigenvalue weighted by molar-refractivity contribution is -0.117. The predicted octanol–water partition coefficient (Wildman–Crippen LogP) is 4.61. The smallest absolute Gasteiger partial charge is 0.271 e. The highest BCUT2D eigenvalue weighted by molar-refractivity contribution is 9.10. The number of hydrogen-bond donors (Lipinski definition) is 1. The van der Waals surface area contributed by atoms with Crippen LogP contribution in [0.25, 0.3) is 16.8 Å². The Morgan fingerprint density at radius 2 is 1.80 bits per heavy atom. The van der Waals surface area contributed by atoms with E-state index in [1.807, 2.05) is 21.4 Å². The Morgan fingerprint density at radius 3 is 2.55 bits per heavy atom. The molecule has 40 heavy (non-hydrogen) atoms. The van der Waals surface area contributed by atoms with Crippen molar-refractivity contribution in [3.05, 3.63) is 76.3 Å². The number of nitrogens with one attached hydrogen (secondary N) is 1. The van der Waals surface area contributed by atoms with E-state index in [2.05, 4.69) is 73.4 Å². The van der Waals surface area contributed by atoms with Gasteiger partial charge >= 0.3 is 0 Å². The van der Waals surface area contributed by atoms with Gasteiger partial charge in [0.05, 0.1) is 13.2 Å². The van der Waals surface area contributed by atoms with Crippen molar-refractivity contribution in [3.63, 3.8) is 0 Å². The van der Waals surface area contributed by atoms with Gasteiger partial charge in [0, 0.05) is 50.7 Å². The van der Waals surface area contributed by atoms with Gasteiger partial charge in [-0.05, 0) is 70.1 Å². The zero-order valence-corrected chi connectivity index (χ0v) is 24.1. The van der Waals surface area contributed by atoms with Gasteiger partial charge in [-0.15, -0.1) is 0 Å². The first-order valence-electron chi connectivity index (χ1n) is 13.6. The van der Waals surface area contributed by atoms with Crippen LogP contribution in [-0.4, -0.2) is 58.5 Å². The summed E-state index contributed by atoms with van der Waals surface area (Å²) in [5.74, 6) is 0.576. The van der Waals surface area contributed by atoms with Crippen molar-refractivity contribution in [2.24, 2.45) is 0 Å². The van der Waals surface area contributed by atoms with E-state index in [0.29, 0.717) is 35.7 Å². The average Bonchev–Trinajstić information content (AvgIpc) is 3.40. The van der Waals surface area contributed by atoms with Gasteiger partial charge in [0.25, 0.3) is 5.91 Å². The van der Waals surface area contributed by atoms with E-state index in [1.165, 1.54) is 5.56 Å². The molecule has 1 fully saturated rings. The Balaban J connectivity index is 1.14. The highest BCUT2D eigenvalue weighted by Crippen LogP contribution is 2.34. The number of nitrogens with zero attached hydrogens (tertiary/aromatic N) is 5. The maximum atomic E-state index is 13.0. The summed E-state index contributed by atoms with van der Waals surface area (Å²) < 4.78 is 7.98. The molecule has 2 amide bonds. The summed E-state index contributed by atoms with van der Waals surface area (Å²) in [4.78, 5) is 38.4. The third kappa shape index (κ3) is 5.21. The second-order valence-corrected chi connectivity index (χ2v) is 11.2. The zero-order valence-electron chi connectivity index (χ0n) is 22.6. The lowest BCUT2D eigenvalue weighted by Gasteiger charge is -2.34. The number of aromatic nitrogens is 3. The van der Waals surface area contributed by atoms with E-state index >= 15 is 0 Å². The number of aryl methyl sites for hydroxylation is 1. The summed E-state index contributed by atoms with van der Waals surface area (Å²) in [5.41, 5.74) is 6.41. The summed E-state index contributed by atoms with van der Waals surface area (Å²) in [6.45, 7) is 6.85. The monoisotopic (exact) mass is 602 g/mol. The molecule has 2 aromatic heterocycles. The summed E-state index contributed by atoms with van der Waals surface area (Å²) in [6.07, 6.45) is 5.46. The number of halogens is 1. The minimum Gasteiger partial charge on any atom is -0.378 e. The Hall–Kier alpha value is -3.76. The van der Waals surface area contributed by atoms with E-state index in [9.17, 15) is 9.59 Å². The van der Waals surface area contributed by atoms with Crippen LogP contribution >= 0.6 is 15.9 Å². The third-order valence-electron chi connectivity index (χ3n) is 7.62. The van der Waals surface area contributed by atoms with Crippen molar-refractivity contribution in [1.82, 2.24) is 19.7 Å². The van der Waals surface area contributed by atoms with Crippen LogP contribution in [-0.2, 0) is 22.5 Å². The number of fused-ring (bicyclic) bond motifs is 2. The van der Waals surface area contributed by atoms with E-state index in [-0.39, 0.29) is 17.9 Å². The molecule has 4 aromatic rings. The minimum atomic E-state index is -0.240. The number of morpholine rings is 1. The third-order valence-corrected chi connectivity index (χ3v) is 8.01. The Labute approximate surface area is 241 Å². The molecule has 2 aromatic carbocycles. The second kappa shape index (κ2) is 11.0. The van der Waals surface area contributed by atoms with E-state index in [0.717, 1.165) is 54.1 Å². The quantitative estimate of drug-likeness (QED) is 0.358.